The van der Waals surface area contributed by atoms with Crippen molar-refractivity contribution in [3.63, 3.8) is 0 Å². The van der Waals surface area contributed by atoms with Gasteiger partial charge in [-0.15, -0.1) is 11.3 Å². The van der Waals surface area contributed by atoms with Crippen molar-refractivity contribution >= 4 is 46.1 Å². The number of benzene rings is 2. The van der Waals surface area contributed by atoms with Crippen molar-refractivity contribution < 1.29 is 9.53 Å². The third-order valence-electron chi connectivity index (χ3n) is 5.92. The number of carbonyl (C=O) groups is 1. The molecule has 1 aliphatic rings. The summed E-state index contributed by atoms with van der Waals surface area (Å²) in [5.74, 6) is 0.803. The Hall–Kier alpha value is -3.00. The third kappa shape index (κ3) is 4.89. The van der Waals surface area contributed by atoms with Crippen molar-refractivity contribution in [2.45, 2.75) is 6.92 Å². The number of carbonyl (C=O) groups excluding carboxylic acids is 1. The predicted molar refractivity (Wildman–Crippen MR) is 143 cm³/mol. The SMILES string of the molecule is CCOc1ccccc1N1CCN(C(=O)c2cc(-c3cccs3)nn2-c2ccc(Cl)c(Cl)c2)CC1. The van der Waals surface area contributed by atoms with Gasteiger partial charge in [0.2, 0.25) is 0 Å². The first-order valence-corrected chi connectivity index (χ1v) is 13.0. The Bertz CT molecular complexity index is 1330. The molecule has 0 radical (unpaired) electrons. The minimum absolute atomic E-state index is 0.0656. The third-order valence-corrected chi connectivity index (χ3v) is 7.55. The first kappa shape index (κ1) is 23.7. The molecular formula is C26H24Cl2N4O2S. The Morgan fingerprint density at radius 1 is 1.00 bits per heavy atom. The van der Waals surface area contributed by atoms with Gasteiger partial charge in [-0.1, -0.05) is 41.4 Å². The van der Waals surface area contributed by atoms with Crippen LogP contribution in [-0.2, 0) is 0 Å². The van der Waals surface area contributed by atoms with E-state index in [0.717, 1.165) is 22.0 Å². The van der Waals surface area contributed by atoms with E-state index in [1.54, 1.807) is 28.2 Å². The highest BCUT2D eigenvalue weighted by Gasteiger charge is 2.27. The maximum Gasteiger partial charge on any atom is 0.272 e. The van der Waals surface area contributed by atoms with Gasteiger partial charge in [-0.3, -0.25) is 4.79 Å². The molecule has 0 spiro atoms. The maximum absolute atomic E-state index is 13.7. The number of amides is 1. The van der Waals surface area contributed by atoms with Crippen LogP contribution in [0.4, 0.5) is 5.69 Å². The number of nitrogens with zero attached hydrogens (tertiary/aromatic N) is 4. The van der Waals surface area contributed by atoms with E-state index in [0.29, 0.717) is 54.2 Å². The van der Waals surface area contributed by atoms with Crippen molar-refractivity contribution in [1.29, 1.82) is 0 Å². The molecule has 6 nitrogen and oxygen atoms in total. The minimum Gasteiger partial charge on any atom is -0.492 e. The number of piperazine rings is 1. The predicted octanol–water partition coefficient (Wildman–Crippen LogP) is 6.27. The fraction of sp³-hybridized carbons (Fsp3) is 0.231. The summed E-state index contributed by atoms with van der Waals surface area (Å²) in [7, 11) is 0. The average Bonchev–Trinajstić information content (AvgIpc) is 3.57. The van der Waals surface area contributed by atoms with Crippen LogP contribution in [0.3, 0.4) is 0 Å². The van der Waals surface area contributed by atoms with Gasteiger partial charge in [0.15, 0.2) is 0 Å². The molecule has 0 bridgehead atoms. The molecule has 35 heavy (non-hydrogen) atoms. The molecule has 9 heteroatoms. The van der Waals surface area contributed by atoms with Crippen molar-refractivity contribution in [2.24, 2.45) is 0 Å². The maximum atomic E-state index is 13.7. The second-order valence-electron chi connectivity index (χ2n) is 8.08. The summed E-state index contributed by atoms with van der Waals surface area (Å²) in [5.41, 5.74) is 2.99. The molecule has 0 atom stereocenters. The van der Waals surface area contributed by atoms with E-state index in [9.17, 15) is 4.79 Å². The monoisotopic (exact) mass is 526 g/mol. The number of aromatic nitrogens is 2. The molecule has 2 aromatic heterocycles. The lowest BCUT2D eigenvalue weighted by Gasteiger charge is -2.36. The number of anilines is 1. The topological polar surface area (TPSA) is 50.6 Å². The normalized spacial score (nSPS) is 13.8. The summed E-state index contributed by atoms with van der Waals surface area (Å²) in [5, 5.41) is 7.62. The molecule has 4 aromatic rings. The van der Waals surface area contributed by atoms with Gasteiger partial charge >= 0.3 is 0 Å². The van der Waals surface area contributed by atoms with Crippen LogP contribution in [0, 0.1) is 0 Å². The fourth-order valence-corrected chi connectivity index (χ4v) is 5.17. The van der Waals surface area contributed by atoms with Crippen LogP contribution in [0.1, 0.15) is 17.4 Å². The molecule has 2 aromatic carbocycles. The summed E-state index contributed by atoms with van der Waals surface area (Å²) in [6, 6.07) is 19.1. The number of halogens is 2. The number of hydrogen-bond donors (Lipinski definition) is 0. The van der Waals surface area contributed by atoms with Gasteiger partial charge in [0.25, 0.3) is 5.91 Å². The van der Waals surface area contributed by atoms with Crippen LogP contribution < -0.4 is 9.64 Å². The summed E-state index contributed by atoms with van der Waals surface area (Å²) in [6.07, 6.45) is 0. The number of ether oxygens (including phenoxy) is 1. The zero-order chi connectivity index (χ0) is 24.4. The van der Waals surface area contributed by atoms with Crippen LogP contribution in [0.2, 0.25) is 10.0 Å². The van der Waals surface area contributed by atoms with E-state index >= 15 is 0 Å². The van der Waals surface area contributed by atoms with E-state index in [-0.39, 0.29) is 5.91 Å². The molecule has 180 valence electrons. The Morgan fingerprint density at radius 2 is 1.80 bits per heavy atom. The smallest absolute Gasteiger partial charge is 0.272 e. The van der Waals surface area contributed by atoms with E-state index in [2.05, 4.69) is 11.0 Å². The molecule has 3 heterocycles. The van der Waals surface area contributed by atoms with E-state index < -0.39 is 0 Å². The second kappa shape index (κ2) is 10.3. The summed E-state index contributed by atoms with van der Waals surface area (Å²) < 4.78 is 7.46. The van der Waals surface area contributed by atoms with E-state index in [4.69, 9.17) is 33.0 Å². The fourth-order valence-electron chi connectivity index (χ4n) is 4.20. The van der Waals surface area contributed by atoms with Gasteiger partial charge < -0.3 is 14.5 Å². The molecule has 5 rings (SSSR count). The van der Waals surface area contributed by atoms with Gasteiger partial charge in [0.05, 0.1) is 32.9 Å². The number of rotatable bonds is 6. The van der Waals surface area contributed by atoms with Crippen molar-refractivity contribution in [3.8, 4) is 22.0 Å². The molecule has 1 saturated heterocycles. The van der Waals surface area contributed by atoms with Gasteiger partial charge in [-0.2, -0.15) is 5.10 Å². The molecule has 0 aliphatic carbocycles. The number of hydrogen-bond acceptors (Lipinski definition) is 5. The van der Waals surface area contributed by atoms with Gasteiger partial charge in [-0.25, -0.2) is 4.68 Å². The molecule has 1 aliphatic heterocycles. The number of thiophene rings is 1. The summed E-state index contributed by atoms with van der Waals surface area (Å²) >= 11 is 14.0. The highest BCUT2D eigenvalue weighted by Crippen LogP contribution is 2.31. The van der Waals surface area contributed by atoms with Crippen LogP contribution in [-0.4, -0.2) is 53.4 Å². The molecule has 1 amide bonds. The first-order valence-electron chi connectivity index (χ1n) is 11.4. The second-order valence-corrected chi connectivity index (χ2v) is 9.84. The van der Waals surface area contributed by atoms with Crippen molar-refractivity contribution in [2.75, 3.05) is 37.7 Å². The molecule has 0 saturated carbocycles. The average molecular weight is 527 g/mol. The Balaban J connectivity index is 1.41. The Labute approximate surface area is 218 Å². The van der Waals surface area contributed by atoms with Crippen LogP contribution in [0.5, 0.6) is 5.75 Å². The lowest BCUT2D eigenvalue weighted by molar-refractivity contribution is 0.0737. The summed E-state index contributed by atoms with van der Waals surface area (Å²) in [6.45, 7) is 5.22. The van der Waals surface area contributed by atoms with Crippen LogP contribution >= 0.6 is 34.5 Å². The zero-order valence-electron chi connectivity index (χ0n) is 19.2. The largest absolute Gasteiger partial charge is 0.492 e. The highest BCUT2D eigenvalue weighted by atomic mass is 35.5. The molecule has 0 N–H and O–H groups in total. The molecular weight excluding hydrogens is 503 g/mol. The lowest BCUT2D eigenvalue weighted by atomic mass is 10.2. The quantitative estimate of drug-likeness (QED) is 0.297. The van der Waals surface area contributed by atoms with Gasteiger partial charge in [-0.05, 0) is 54.8 Å². The minimum atomic E-state index is -0.0656. The molecule has 0 unspecified atom stereocenters. The van der Waals surface area contributed by atoms with Gasteiger partial charge in [0, 0.05) is 26.2 Å². The Kier molecular flexibility index (Phi) is 7.00. The zero-order valence-corrected chi connectivity index (χ0v) is 21.5. The van der Waals surface area contributed by atoms with Crippen LogP contribution in [0.25, 0.3) is 16.3 Å². The lowest BCUT2D eigenvalue weighted by Crippen LogP contribution is -2.49. The Morgan fingerprint density at radius 3 is 2.51 bits per heavy atom. The van der Waals surface area contributed by atoms with E-state index in [1.165, 1.54) is 0 Å². The van der Waals surface area contributed by atoms with E-state index in [1.807, 2.05) is 59.7 Å². The first-order chi connectivity index (χ1) is 17.0. The highest BCUT2D eigenvalue weighted by molar-refractivity contribution is 7.13. The van der Waals surface area contributed by atoms with Crippen molar-refractivity contribution in [3.05, 3.63) is 81.8 Å². The summed E-state index contributed by atoms with van der Waals surface area (Å²) in [4.78, 5) is 18.8. The van der Waals surface area contributed by atoms with Crippen molar-refractivity contribution in [1.82, 2.24) is 14.7 Å². The van der Waals surface area contributed by atoms with Crippen LogP contribution in [0.15, 0.2) is 66.0 Å². The molecule has 1 fully saturated rings. The standard InChI is InChI=1S/C26H24Cl2N4O2S/c1-2-34-24-7-4-3-6-22(24)30-11-13-31(14-12-30)26(33)23-17-21(25-8-5-15-35-25)29-32(23)18-9-10-19(27)20(28)16-18/h3-10,15-17H,2,11-14H2,1H3. The van der Waals surface area contributed by atoms with Gasteiger partial charge in [0.1, 0.15) is 17.1 Å². The number of para-hydroxylation sites is 2.